The van der Waals surface area contributed by atoms with Gasteiger partial charge in [-0.3, -0.25) is 9.69 Å². The van der Waals surface area contributed by atoms with Crippen molar-refractivity contribution >= 4 is 44.2 Å². The van der Waals surface area contributed by atoms with Gasteiger partial charge in [0, 0.05) is 19.5 Å². The van der Waals surface area contributed by atoms with Crippen LogP contribution >= 0.6 is 22.9 Å². The lowest BCUT2D eigenvalue weighted by atomic mass is 10.1. The average Bonchev–Trinajstić information content (AvgIpc) is 3.13. The predicted octanol–water partition coefficient (Wildman–Crippen LogP) is 4.49. The fraction of sp³-hybridized carbons (Fsp3) is 0.333. The van der Waals surface area contributed by atoms with Crippen LogP contribution in [-0.2, 0) is 11.2 Å². The highest BCUT2D eigenvalue weighted by Gasteiger charge is 2.22. The van der Waals surface area contributed by atoms with Gasteiger partial charge in [-0.2, -0.15) is 0 Å². The fourth-order valence-electron chi connectivity index (χ4n) is 2.88. The minimum absolute atomic E-state index is 0.0554. The molecule has 0 bridgehead atoms. The summed E-state index contributed by atoms with van der Waals surface area (Å²) in [5.74, 6) is 0.714. The Hall–Kier alpha value is -2.15. The topological polar surface area (TPSA) is 45.7 Å². The van der Waals surface area contributed by atoms with Crippen LogP contribution in [-0.4, -0.2) is 50.1 Å². The van der Waals surface area contributed by atoms with Crippen LogP contribution in [0.25, 0.3) is 10.2 Å². The van der Waals surface area contributed by atoms with E-state index in [1.54, 1.807) is 24.1 Å². The standard InChI is InChI=1S/C21H24ClN3O2S/c1-24(2)13-14-25(18(26)12-9-15-7-5-4-6-8-15)21-23-19-17(27-3)11-10-16(22)20(19)28-21/h4-8,10-11H,9,12-14H2,1-3H3. The van der Waals surface area contributed by atoms with Gasteiger partial charge in [0.15, 0.2) is 5.13 Å². The highest BCUT2D eigenvalue weighted by molar-refractivity contribution is 7.23. The molecule has 28 heavy (non-hydrogen) atoms. The number of carbonyl (C=O) groups is 1. The SMILES string of the molecule is COc1ccc(Cl)c2sc(N(CCN(C)C)C(=O)CCc3ccccc3)nc12. The van der Waals surface area contributed by atoms with E-state index in [-0.39, 0.29) is 5.91 Å². The Morgan fingerprint density at radius 3 is 2.57 bits per heavy atom. The molecule has 7 heteroatoms. The number of carbonyl (C=O) groups excluding carboxylic acids is 1. The number of halogens is 1. The number of hydrogen-bond acceptors (Lipinski definition) is 5. The zero-order chi connectivity index (χ0) is 20.1. The third kappa shape index (κ3) is 4.82. The summed E-state index contributed by atoms with van der Waals surface area (Å²) in [6.07, 6.45) is 1.13. The molecule has 0 saturated heterocycles. The Morgan fingerprint density at radius 2 is 1.89 bits per heavy atom. The summed E-state index contributed by atoms with van der Waals surface area (Å²) in [7, 11) is 5.59. The molecule has 1 amide bonds. The molecule has 1 aromatic heterocycles. The highest BCUT2D eigenvalue weighted by Crippen LogP contribution is 2.38. The van der Waals surface area contributed by atoms with Gasteiger partial charge in [-0.15, -0.1) is 0 Å². The number of thiazole rings is 1. The second-order valence-corrected chi connectivity index (χ2v) is 8.14. The molecule has 0 N–H and O–H groups in total. The summed E-state index contributed by atoms with van der Waals surface area (Å²) in [6.45, 7) is 1.32. The lowest BCUT2D eigenvalue weighted by molar-refractivity contribution is -0.118. The number of likely N-dealkylation sites (N-methyl/N-ethyl adjacent to an activating group) is 1. The zero-order valence-electron chi connectivity index (χ0n) is 16.3. The van der Waals surface area contributed by atoms with Gasteiger partial charge >= 0.3 is 0 Å². The van der Waals surface area contributed by atoms with Crippen molar-refractivity contribution in [2.45, 2.75) is 12.8 Å². The van der Waals surface area contributed by atoms with Crippen molar-refractivity contribution < 1.29 is 9.53 Å². The smallest absolute Gasteiger partial charge is 0.229 e. The minimum Gasteiger partial charge on any atom is -0.494 e. The van der Waals surface area contributed by atoms with Crippen molar-refractivity contribution in [2.24, 2.45) is 0 Å². The third-order valence-corrected chi connectivity index (χ3v) is 5.98. The predicted molar refractivity (Wildman–Crippen MR) is 117 cm³/mol. The monoisotopic (exact) mass is 417 g/mol. The van der Waals surface area contributed by atoms with Crippen molar-refractivity contribution in [3.63, 3.8) is 0 Å². The van der Waals surface area contributed by atoms with Gasteiger partial charge in [0.2, 0.25) is 5.91 Å². The van der Waals surface area contributed by atoms with E-state index < -0.39 is 0 Å². The number of anilines is 1. The Bertz CT molecular complexity index is 943. The van der Waals surface area contributed by atoms with Gasteiger partial charge in [-0.25, -0.2) is 4.98 Å². The first-order chi connectivity index (χ1) is 13.5. The van der Waals surface area contributed by atoms with Crippen LogP contribution in [0.1, 0.15) is 12.0 Å². The number of amides is 1. The summed E-state index contributed by atoms with van der Waals surface area (Å²) in [5, 5.41) is 1.27. The highest BCUT2D eigenvalue weighted by atomic mass is 35.5. The van der Waals surface area contributed by atoms with E-state index in [4.69, 9.17) is 21.3 Å². The third-order valence-electron chi connectivity index (χ3n) is 4.44. The van der Waals surface area contributed by atoms with Gasteiger partial charge in [-0.05, 0) is 38.2 Å². The maximum absolute atomic E-state index is 13.1. The molecule has 3 rings (SSSR count). The van der Waals surface area contributed by atoms with E-state index in [0.717, 1.165) is 16.8 Å². The van der Waals surface area contributed by atoms with Gasteiger partial charge in [-0.1, -0.05) is 53.3 Å². The van der Waals surface area contributed by atoms with Gasteiger partial charge in [0.05, 0.1) is 16.8 Å². The van der Waals surface area contributed by atoms with Crippen LogP contribution in [0.4, 0.5) is 5.13 Å². The Kier molecular flexibility index (Phi) is 6.88. The number of aromatic nitrogens is 1. The average molecular weight is 418 g/mol. The van der Waals surface area contributed by atoms with E-state index in [1.165, 1.54) is 11.3 Å². The van der Waals surface area contributed by atoms with Crippen LogP contribution in [0, 0.1) is 0 Å². The molecule has 148 valence electrons. The molecule has 0 atom stereocenters. The van der Waals surface area contributed by atoms with E-state index in [1.807, 2.05) is 44.4 Å². The van der Waals surface area contributed by atoms with Crippen LogP contribution in [0.3, 0.4) is 0 Å². The number of benzene rings is 2. The number of ether oxygens (including phenoxy) is 1. The normalized spacial score (nSPS) is 11.2. The van der Waals surface area contributed by atoms with Crippen LogP contribution < -0.4 is 9.64 Å². The van der Waals surface area contributed by atoms with Crippen LogP contribution in [0.5, 0.6) is 5.75 Å². The maximum Gasteiger partial charge on any atom is 0.229 e. The second-order valence-electron chi connectivity index (χ2n) is 6.76. The Labute approximate surface area is 174 Å². The first kappa shape index (κ1) is 20.6. The molecular formula is C21H24ClN3O2S. The number of rotatable bonds is 8. The molecule has 0 aliphatic rings. The van der Waals surface area contributed by atoms with E-state index >= 15 is 0 Å². The quantitative estimate of drug-likeness (QED) is 0.542. The molecule has 5 nitrogen and oxygen atoms in total. The first-order valence-electron chi connectivity index (χ1n) is 9.11. The first-order valence-corrected chi connectivity index (χ1v) is 10.3. The number of aryl methyl sites for hydroxylation is 1. The molecule has 0 unspecified atom stereocenters. The largest absolute Gasteiger partial charge is 0.494 e. The Morgan fingerprint density at radius 1 is 1.14 bits per heavy atom. The molecule has 0 saturated carbocycles. The molecular weight excluding hydrogens is 394 g/mol. The van der Waals surface area contributed by atoms with Crippen molar-refractivity contribution in [2.75, 3.05) is 39.2 Å². The second kappa shape index (κ2) is 9.37. The molecule has 3 aromatic rings. The molecule has 2 aromatic carbocycles. The lowest BCUT2D eigenvalue weighted by Gasteiger charge is -2.22. The summed E-state index contributed by atoms with van der Waals surface area (Å²) in [4.78, 5) is 21.6. The van der Waals surface area contributed by atoms with Gasteiger partial charge in [0.25, 0.3) is 0 Å². The lowest BCUT2D eigenvalue weighted by Crippen LogP contribution is -2.36. The van der Waals surface area contributed by atoms with Crippen LogP contribution in [0.2, 0.25) is 5.02 Å². The Balaban J connectivity index is 1.87. The van der Waals surface area contributed by atoms with E-state index in [9.17, 15) is 4.79 Å². The summed E-state index contributed by atoms with van der Waals surface area (Å²) < 4.78 is 6.25. The van der Waals surface area contributed by atoms with Crippen molar-refractivity contribution in [1.29, 1.82) is 0 Å². The van der Waals surface area contributed by atoms with Crippen molar-refractivity contribution in [1.82, 2.24) is 9.88 Å². The van der Waals surface area contributed by atoms with Crippen molar-refractivity contribution in [3.8, 4) is 5.75 Å². The summed E-state index contributed by atoms with van der Waals surface area (Å²) in [6, 6.07) is 13.6. The maximum atomic E-state index is 13.1. The minimum atomic E-state index is 0.0554. The summed E-state index contributed by atoms with van der Waals surface area (Å²) in [5.41, 5.74) is 1.85. The fourth-order valence-corrected chi connectivity index (χ4v) is 4.18. The molecule has 0 aliphatic carbocycles. The number of methoxy groups -OCH3 is 1. The van der Waals surface area contributed by atoms with Gasteiger partial charge < -0.3 is 9.64 Å². The van der Waals surface area contributed by atoms with Gasteiger partial charge in [0.1, 0.15) is 11.3 Å². The number of fused-ring (bicyclic) bond motifs is 1. The number of hydrogen-bond donors (Lipinski definition) is 0. The van der Waals surface area contributed by atoms with Crippen LogP contribution in [0.15, 0.2) is 42.5 Å². The molecule has 0 spiro atoms. The molecule has 1 heterocycles. The summed E-state index contributed by atoms with van der Waals surface area (Å²) >= 11 is 7.78. The molecule has 0 fully saturated rings. The number of nitrogens with zero attached hydrogens (tertiary/aromatic N) is 3. The zero-order valence-corrected chi connectivity index (χ0v) is 17.9. The molecule has 0 aliphatic heterocycles. The molecule has 0 radical (unpaired) electrons. The van der Waals surface area contributed by atoms with Crippen molar-refractivity contribution in [3.05, 3.63) is 53.1 Å². The van der Waals surface area contributed by atoms with E-state index in [2.05, 4.69) is 4.90 Å². The van der Waals surface area contributed by atoms with E-state index in [0.29, 0.717) is 40.8 Å².